The molecule has 1 aromatic rings. The topological polar surface area (TPSA) is 76.1 Å². The molecule has 1 heterocycles. The molecule has 3 atom stereocenters. The summed E-state index contributed by atoms with van der Waals surface area (Å²) in [6, 6.07) is 6.82. The highest BCUT2D eigenvalue weighted by molar-refractivity contribution is 5.88. The number of benzene rings is 1. The lowest BCUT2D eigenvalue weighted by Crippen LogP contribution is -2.53. The Morgan fingerprint density at radius 1 is 1.41 bits per heavy atom. The second kappa shape index (κ2) is 5.96. The maximum Gasteiger partial charge on any atom is 0.328 e. The molecule has 6 heteroatoms. The molecule has 6 nitrogen and oxygen atoms in total. The summed E-state index contributed by atoms with van der Waals surface area (Å²) in [6.07, 6.45) is 0.760. The minimum Gasteiger partial charge on any atom is -0.497 e. The van der Waals surface area contributed by atoms with Crippen molar-refractivity contribution in [3.8, 4) is 5.75 Å². The fourth-order valence-corrected chi connectivity index (χ4v) is 2.99. The lowest BCUT2D eigenvalue weighted by Gasteiger charge is -2.33. The molecule has 1 aromatic carbocycles. The van der Waals surface area contributed by atoms with Gasteiger partial charge in [0.1, 0.15) is 5.75 Å². The number of hydrogen-bond acceptors (Lipinski definition) is 4. The Hall–Kier alpha value is -2.08. The molecule has 0 bridgehead atoms. The van der Waals surface area contributed by atoms with E-state index in [0.29, 0.717) is 13.2 Å². The van der Waals surface area contributed by atoms with Gasteiger partial charge in [0.05, 0.1) is 20.3 Å². The molecule has 0 radical (unpaired) electrons. The van der Waals surface area contributed by atoms with E-state index in [-0.39, 0.29) is 24.3 Å². The van der Waals surface area contributed by atoms with Crippen molar-refractivity contribution in [1.82, 2.24) is 4.90 Å². The van der Waals surface area contributed by atoms with E-state index in [9.17, 15) is 14.7 Å². The van der Waals surface area contributed by atoms with Crippen LogP contribution in [0.15, 0.2) is 24.3 Å². The number of nitrogens with zero attached hydrogens (tertiary/aromatic N) is 1. The number of morpholine rings is 1. The first-order valence-corrected chi connectivity index (χ1v) is 7.37. The van der Waals surface area contributed by atoms with Crippen molar-refractivity contribution < 1.29 is 24.2 Å². The molecule has 1 aliphatic carbocycles. The molecule has 0 aromatic heterocycles. The molecule has 1 N–H and O–H groups in total. The van der Waals surface area contributed by atoms with Gasteiger partial charge in [-0.3, -0.25) is 4.79 Å². The summed E-state index contributed by atoms with van der Waals surface area (Å²) in [6.45, 7) is 0.806. The number of carbonyl (C=O) groups is 2. The van der Waals surface area contributed by atoms with Gasteiger partial charge in [0, 0.05) is 12.5 Å². The first kappa shape index (κ1) is 14.8. The number of carboxylic acid groups (broad SMARTS) is 1. The van der Waals surface area contributed by atoms with E-state index in [4.69, 9.17) is 9.47 Å². The minimum absolute atomic E-state index is 0.0671. The summed E-state index contributed by atoms with van der Waals surface area (Å²) in [5.41, 5.74) is 1.07. The normalized spacial score (nSPS) is 27.3. The number of carbonyl (C=O) groups excluding carboxylic acids is 1. The molecule has 118 valence electrons. The zero-order valence-corrected chi connectivity index (χ0v) is 12.4. The molecule has 2 fully saturated rings. The molecule has 22 heavy (non-hydrogen) atoms. The first-order valence-electron chi connectivity index (χ1n) is 7.37. The van der Waals surface area contributed by atoms with Gasteiger partial charge in [-0.15, -0.1) is 0 Å². The van der Waals surface area contributed by atoms with Crippen LogP contribution < -0.4 is 4.74 Å². The largest absolute Gasteiger partial charge is 0.497 e. The predicted octanol–water partition coefficient (Wildman–Crippen LogP) is 1.11. The fraction of sp³-hybridized carbons (Fsp3) is 0.500. The minimum atomic E-state index is -1.01. The van der Waals surface area contributed by atoms with Gasteiger partial charge < -0.3 is 19.5 Å². The highest BCUT2D eigenvalue weighted by atomic mass is 16.5. The quantitative estimate of drug-likeness (QED) is 0.902. The van der Waals surface area contributed by atoms with Crippen LogP contribution in [0.3, 0.4) is 0 Å². The lowest BCUT2D eigenvalue weighted by atomic mass is 10.1. The monoisotopic (exact) mass is 305 g/mol. The molecule has 0 spiro atoms. The predicted molar refractivity (Wildman–Crippen MR) is 77.8 cm³/mol. The standard InChI is InChI=1S/C16H19NO5/c1-21-11-4-2-3-10(7-11)12-8-13(12)15(18)17-5-6-22-9-14(17)16(19)20/h2-4,7,12-14H,5-6,8-9H2,1H3,(H,19,20)/t12-,13-,14-/m0/s1. The Balaban J connectivity index is 1.70. The van der Waals surface area contributed by atoms with Crippen molar-refractivity contribution in [2.24, 2.45) is 5.92 Å². The maximum absolute atomic E-state index is 12.6. The molecule has 1 saturated carbocycles. The summed E-state index contributed by atoms with van der Waals surface area (Å²) >= 11 is 0. The number of amides is 1. The smallest absolute Gasteiger partial charge is 0.328 e. The molecule has 3 rings (SSSR count). The van der Waals surface area contributed by atoms with Gasteiger partial charge in [-0.25, -0.2) is 4.79 Å². The van der Waals surface area contributed by atoms with Crippen molar-refractivity contribution in [2.45, 2.75) is 18.4 Å². The number of carboxylic acids is 1. The van der Waals surface area contributed by atoms with Gasteiger partial charge in [0.15, 0.2) is 6.04 Å². The van der Waals surface area contributed by atoms with Crippen LogP contribution in [-0.2, 0) is 14.3 Å². The summed E-state index contributed by atoms with van der Waals surface area (Å²) in [7, 11) is 1.61. The zero-order valence-electron chi connectivity index (χ0n) is 12.4. The van der Waals surface area contributed by atoms with Crippen LogP contribution in [0, 0.1) is 5.92 Å². The number of methoxy groups -OCH3 is 1. The highest BCUT2D eigenvalue weighted by Gasteiger charge is 2.48. The Bertz CT molecular complexity index is 588. The average molecular weight is 305 g/mol. The molecule has 1 amide bonds. The Morgan fingerprint density at radius 2 is 2.23 bits per heavy atom. The van der Waals surface area contributed by atoms with E-state index in [1.165, 1.54) is 4.90 Å². The van der Waals surface area contributed by atoms with Crippen molar-refractivity contribution in [3.05, 3.63) is 29.8 Å². The van der Waals surface area contributed by atoms with Gasteiger partial charge in [-0.05, 0) is 30.0 Å². The number of aliphatic carboxylic acids is 1. The van der Waals surface area contributed by atoms with Gasteiger partial charge >= 0.3 is 5.97 Å². The van der Waals surface area contributed by atoms with Crippen LogP contribution in [0.4, 0.5) is 0 Å². The summed E-state index contributed by atoms with van der Waals surface area (Å²) < 4.78 is 10.4. The third-order valence-corrected chi connectivity index (χ3v) is 4.33. The van der Waals surface area contributed by atoms with E-state index < -0.39 is 12.0 Å². The van der Waals surface area contributed by atoms with E-state index in [0.717, 1.165) is 17.7 Å². The van der Waals surface area contributed by atoms with Crippen molar-refractivity contribution in [3.63, 3.8) is 0 Å². The fourth-order valence-electron chi connectivity index (χ4n) is 2.99. The zero-order chi connectivity index (χ0) is 15.7. The van der Waals surface area contributed by atoms with E-state index in [1.807, 2.05) is 24.3 Å². The summed E-state index contributed by atoms with van der Waals surface area (Å²) in [5, 5.41) is 9.22. The highest BCUT2D eigenvalue weighted by Crippen LogP contribution is 2.49. The van der Waals surface area contributed by atoms with Gasteiger partial charge in [-0.2, -0.15) is 0 Å². The van der Waals surface area contributed by atoms with Crippen LogP contribution in [-0.4, -0.2) is 54.8 Å². The van der Waals surface area contributed by atoms with Crippen LogP contribution in [0.25, 0.3) is 0 Å². The van der Waals surface area contributed by atoms with E-state index in [1.54, 1.807) is 7.11 Å². The second-order valence-electron chi connectivity index (χ2n) is 5.69. The molecule has 0 unspecified atom stereocenters. The van der Waals surface area contributed by atoms with Crippen molar-refractivity contribution in [2.75, 3.05) is 26.9 Å². The third-order valence-electron chi connectivity index (χ3n) is 4.33. The third kappa shape index (κ3) is 2.78. The second-order valence-corrected chi connectivity index (χ2v) is 5.69. The molecule has 1 aliphatic heterocycles. The van der Waals surface area contributed by atoms with Gasteiger partial charge in [0.2, 0.25) is 5.91 Å². The van der Waals surface area contributed by atoms with Crippen molar-refractivity contribution >= 4 is 11.9 Å². The SMILES string of the molecule is COc1cccc([C@@H]2C[C@@H]2C(=O)N2CCOC[C@H]2C(=O)O)c1. The van der Waals surface area contributed by atoms with E-state index >= 15 is 0 Å². The molecular weight excluding hydrogens is 286 g/mol. The number of hydrogen-bond donors (Lipinski definition) is 1. The maximum atomic E-state index is 12.6. The Morgan fingerprint density at radius 3 is 2.95 bits per heavy atom. The van der Waals surface area contributed by atoms with Crippen LogP contribution in [0.1, 0.15) is 17.9 Å². The number of ether oxygens (including phenoxy) is 2. The van der Waals surface area contributed by atoms with Crippen molar-refractivity contribution in [1.29, 1.82) is 0 Å². The molecular formula is C16H19NO5. The molecule has 1 saturated heterocycles. The Labute approximate surface area is 128 Å². The average Bonchev–Trinajstić information content (AvgIpc) is 3.35. The first-order chi connectivity index (χ1) is 10.6. The van der Waals surface area contributed by atoms with Crippen LogP contribution in [0.5, 0.6) is 5.75 Å². The van der Waals surface area contributed by atoms with Crippen LogP contribution in [0.2, 0.25) is 0 Å². The molecule has 2 aliphatic rings. The van der Waals surface area contributed by atoms with E-state index in [2.05, 4.69) is 0 Å². The van der Waals surface area contributed by atoms with Crippen LogP contribution >= 0.6 is 0 Å². The number of rotatable bonds is 4. The van der Waals surface area contributed by atoms with Gasteiger partial charge in [0.25, 0.3) is 0 Å². The summed E-state index contributed by atoms with van der Waals surface area (Å²) in [4.78, 5) is 25.3. The summed E-state index contributed by atoms with van der Waals surface area (Å²) in [5.74, 6) is -0.299. The lowest BCUT2D eigenvalue weighted by molar-refractivity contribution is -0.158. The Kier molecular flexibility index (Phi) is 4.02. The van der Waals surface area contributed by atoms with Gasteiger partial charge in [-0.1, -0.05) is 12.1 Å².